The average Bonchev–Trinajstić information content (AvgIpc) is 3.15. The van der Waals surface area contributed by atoms with Crippen LogP contribution >= 0.6 is 15.9 Å². The van der Waals surface area contributed by atoms with Crippen LogP contribution in [0.3, 0.4) is 0 Å². The van der Waals surface area contributed by atoms with Crippen LogP contribution in [0.2, 0.25) is 0 Å². The number of aromatic nitrogens is 2. The fourth-order valence-electron chi connectivity index (χ4n) is 2.83. The van der Waals surface area contributed by atoms with Gasteiger partial charge < -0.3 is 14.2 Å². The van der Waals surface area contributed by atoms with Crippen LogP contribution in [0, 0.1) is 5.82 Å². The van der Waals surface area contributed by atoms with Crippen molar-refractivity contribution in [2.45, 2.75) is 0 Å². The molecule has 0 N–H and O–H groups in total. The van der Waals surface area contributed by atoms with E-state index in [1.807, 2.05) is 0 Å². The molecule has 0 saturated heterocycles. The maximum absolute atomic E-state index is 14.3. The highest BCUT2D eigenvalue weighted by atomic mass is 79.9. The van der Waals surface area contributed by atoms with Crippen LogP contribution < -0.4 is 4.74 Å². The molecule has 7 nitrogen and oxygen atoms in total. The van der Waals surface area contributed by atoms with Gasteiger partial charge >= 0.3 is 11.9 Å². The van der Waals surface area contributed by atoms with Gasteiger partial charge in [-0.2, -0.15) is 5.10 Å². The van der Waals surface area contributed by atoms with Gasteiger partial charge in [0.25, 0.3) is 0 Å². The van der Waals surface area contributed by atoms with Crippen molar-refractivity contribution in [1.29, 1.82) is 0 Å². The molecule has 0 unspecified atom stereocenters. The minimum atomic E-state index is -0.826. The van der Waals surface area contributed by atoms with Crippen molar-refractivity contribution in [2.75, 3.05) is 21.3 Å². The van der Waals surface area contributed by atoms with Gasteiger partial charge in [-0.15, -0.1) is 0 Å². The minimum Gasteiger partial charge on any atom is -0.496 e. The first kappa shape index (κ1) is 20.5. The lowest BCUT2D eigenvalue weighted by atomic mass is 10.0. The highest BCUT2D eigenvalue weighted by Crippen LogP contribution is 2.37. The van der Waals surface area contributed by atoms with E-state index in [1.54, 1.807) is 30.3 Å². The van der Waals surface area contributed by atoms with E-state index < -0.39 is 17.8 Å². The fourth-order valence-corrected chi connectivity index (χ4v) is 3.15. The molecule has 1 heterocycles. The predicted octanol–water partition coefficient (Wildman–Crippen LogP) is 4.02. The zero-order valence-corrected chi connectivity index (χ0v) is 17.3. The molecule has 0 aliphatic rings. The smallest absolute Gasteiger partial charge is 0.357 e. The molecule has 1 aromatic heterocycles. The molecule has 29 heavy (non-hydrogen) atoms. The van der Waals surface area contributed by atoms with Crippen molar-refractivity contribution < 1.29 is 28.2 Å². The summed E-state index contributed by atoms with van der Waals surface area (Å²) in [5.41, 5.74) is 0.382. The van der Waals surface area contributed by atoms with E-state index in [1.165, 1.54) is 32.1 Å². The first-order chi connectivity index (χ1) is 13.9. The van der Waals surface area contributed by atoms with Crippen molar-refractivity contribution in [2.24, 2.45) is 0 Å². The Hall–Kier alpha value is -3.20. The standard InChI is InChI=1S/C20H16BrFN2O5/c1-27-15-10-13(21)14(22)9-12(15)17-16(19(25)28-2)18(20(26)29-3)24(23-17)11-7-5-4-6-8-11/h4-10H,1-3H3. The van der Waals surface area contributed by atoms with Gasteiger partial charge in [-0.25, -0.2) is 18.7 Å². The number of ether oxygens (including phenoxy) is 3. The van der Waals surface area contributed by atoms with E-state index in [2.05, 4.69) is 21.0 Å². The number of esters is 2. The lowest BCUT2D eigenvalue weighted by molar-refractivity contribution is 0.0549. The van der Waals surface area contributed by atoms with Crippen LogP contribution in [-0.2, 0) is 9.47 Å². The largest absolute Gasteiger partial charge is 0.496 e. The van der Waals surface area contributed by atoms with Crippen molar-refractivity contribution in [3.05, 3.63) is 64.0 Å². The van der Waals surface area contributed by atoms with Gasteiger partial charge in [0.15, 0.2) is 5.69 Å². The van der Waals surface area contributed by atoms with E-state index in [0.29, 0.717) is 5.69 Å². The summed E-state index contributed by atoms with van der Waals surface area (Å²) in [6, 6.07) is 11.2. The normalized spacial score (nSPS) is 10.5. The Morgan fingerprint density at radius 1 is 1.03 bits per heavy atom. The third kappa shape index (κ3) is 3.73. The van der Waals surface area contributed by atoms with E-state index in [-0.39, 0.29) is 32.7 Å². The Bertz CT molecular complexity index is 1080. The number of hydrogen-bond donors (Lipinski definition) is 0. The molecule has 3 aromatic rings. The Morgan fingerprint density at radius 2 is 1.69 bits per heavy atom. The Morgan fingerprint density at radius 3 is 2.28 bits per heavy atom. The molecule has 0 aliphatic carbocycles. The number of carbonyl (C=O) groups is 2. The summed E-state index contributed by atoms with van der Waals surface area (Å²) in [4.78, 5) is 25.2. The van der Waals surface area contributed by atoms with Crippen molar-refractivity contribution in [1.82, 2.24) is 9.78 Å². The van der Waals surface area contributed by atoms with Gasteiger partial charge in [-0.05, 0) is 40.2 Å². The minimum absolute atomic E-state index is 0.0179. The zero-order valence-electron chi connectivity index (χ0n) is 15.7. The van der Waals surface area contributed by atoms with Crippen LogP contribution in [0.1, 0.15) is 20.8 Å². The molecule has 0 radical (unpaired) electrons. The zero-order chi connectivity index (χ0) is 21.1. The molecule has 0 atom stereocenters. The number of methoxy groups -OCH3 is 3. The average molecular weight is 463 g/mol. The van der Waals surface area contributed by atoms with Crippen molar-refractivity contribution >= 4 is 27.9 Å². The molecule has 0 fully saturated rings. The lowest BCUT2D eigenvalue weighted by Gasteiger charge is -2.09. The number of benzene rings is 2. The number of hydrogen-bond acceptors (Lipinski definition) is 6. The summed E-state index contributed by atoms with van der Waals surface area (Å²) < 4.78 is 30.8. The maximum Gasteiger partial charge on any atom is 0.357 e. The second kappa shape index (κ2) is 8.44. The van der Waals surface area contributed by atoms with E-state index in [9.17, 15) is 14.0 Å². The quantitative estimate of drug-likeness (QED) is 0.532. The van der Waals surface area contributed by atoms with Crippen molar-refractivity contribution in [3.63, 3.8) is 0 Å². The molecule has 3 rings (SSSR count). The summed E-state index contributed by atoms with van der Waals surface area (Å²) in [5, 5.41) is 4.42. The summed E-state index contributed by atoms with van der Waals surface area (Å²) >= 11 is 3.10. The summed E-state index contributed by atoms with van der Waals surface area (Å²) in [6.45, 7) is 0. The number of rotatable bonds is 5. The van der Waals surface area contributed by atoms with Crippen LogP contribution in [0.25, 0.3) is 16.9 Å². The second-order valence-electron chi connectivity index (χ2n) is 5.77. The molecule has 150 valence electrons. The third-order valence-corrected chi connectivity index (χ3v) is 4.76. The topological polar surface area (TPSA) is 79.7 Å². The van der Waals surface area contributed by atoms with Gasteiger partial charge in [0.1, 0.15) is 22.8 Å². The van der Waals surface area contributed by atoms with Crippen molar-refractivity contribution in [3.8, 4) is 22.7 Å². The number of carbonyl (C=O) groups excluding carboxylic acids is 2. The van der Waals surface area contributed by atoms with Gasteiger partial charge in [0.2, 0.25) is 0 Å². The number of para-hydroxylation sites is 1. The molecule has 0 spiro atoms. The Labute approximate surface area is 174 Å². The van der Waals surface area contributed by atoms with Gasteiger partial charge in [-0.1, -0.05) is 18.2 Å². The first-order valence-electron chi connectivity index (χ1n) is 8.31. The summed E-state index contributed by atoms with van der Waals surface area (Å²) in [6.07, 6.45) is 0. The third-order valence-electron chi connectivity index (χ3n) is 4.15. The van der Waals surface area contributed by atoms with Gasteiger partial charge in [0.05, 0.1) is 31.5 Å². The SMILES string of the molecule is COC(=O)c1c(-c2cc(F)c(Br)cc2OC)nn(-c2ccccc2)c1C(=O)OC. The molecule has 0 saturated carbocycles. The molecule has 9 heteroatoms. The second-order valence-corrected chi connectivity index (χ2v) is 6.62. The molecule has 0 amide bonds. The summed E-state index contributed by atoms with van der Waals surface area (Å²) in [5.74, 6) is -1.97. The molecular formula is C20H16BrFN2O5. The van der Waals surface area contributed by atoms with Crippen LogP contribution in [0.5, 0.6) is 5.75 Å². The van der Waals surface area contributed by atoms with E-state index in [4.69, 9.17) is 14.2 Å². The fraction of sp³-hybridized carbons (Fsp3) is 0.150. The molecule has 0 bridgehead atoms. The highest BCUT2D eigenvalue weighted by Gasteiger charge is 2.32. The number of halogens is 2. The lowest BCUT2D eigenvalue weighted by Crippen LogP contribution is -2.15. The summed E-state index contributed by atoms with van der Waals surface area (Å²) in [7, 11) is 3.76. The monoisotopic (exact) mass is 462 g/mol. The molecular weight excluding hydrogens is 447 g/mol. The van der Waals surface area contributed by atoms with Gasteiger partial charge in [0, 0.05) is 5.56 Å². The molecule has 2 aromatic carbocycles. The van der Waals surface area contributed by atoms with Crippen LogP contribution in [0.15, 0.2) is 46.9 Å². The highest BCUT2D eigenvalue weighted by molar-refractivity contribution is 9.10. The van der Waals surface area contributed by atoms with E-state index in [0.717, 1.165) is 6.07 Å². The van der Waals surface area contributed by atoms with Crippen LogP contribution in [-0.4, -0.2) is 43.0 Å². The Kier molecular flexibility index (Phi) is 5.97. The van der Waals surface area contributed by atoms with Crippen LogP contribution in [0.4, 0.5) is 4.39 Å². The first-order valence-corrected chi connectivity index (χ1v) is 9.10. The maximum atomic E-state index is 14.3. The number of nitrogens with zero attached hydrogens (tertiary/aromatic N) is 2. The predicted molar refractivity (Wildman–Crippen MR) is 106 cm³/mol. The molecule has 0 aliphatic heterocycles. The Balaban J connectivity index is 2.42. The van der Waals surface area contributed by atoms with E-state index >= 15 is 0 Å². The van der Waals surface area contributed by atoms with Gasteiger partial charge in [-0.3, -0.25) is 0 Å².